The topological polar surface area (TPSA) is 66.8 Å². The Kier molecular flexibility index (Phi) is 9.43. The number of carboxylic acids is 1. The minimum absolute atomic E-state index is 0.0785. The van der Waals surface area contributed by atoms with Crippen LogP contribution >= 0.6 is 23.2 Å². The molecule has 1 heterocycles. The van der Waals surface area contributed by atoms with Gasteiger partial charge in [-0.15, -0.1) is 0 Å². The van der Waals surface area contributed by atoms with Crippen LogP contribution in [0.2, 0.25) is 15.1 Å². The van der Waals surface area contributed by atoms with Crippen molar-refractivity contribution in [3.05, 3.63) is 118 Å². The monoisotopic (exact) mass is 685 g/mol. The van der Waals surface area contributed by atoms with E-state index in [-0.39, 0.29) is 28.0 Å². The van der Waals surface area contributed by atoms with Crippen molar-refractivity contribution in [2.24, 2.45) is 5.41 Å². The van der Waals surface area contributed by atoms with Crippen molar-refractivity contribution in [2.75, 3.05) is 6.54 Å². The average molecular weight is 687 g/mol. The second kappa shape index (κ2) is 13.2. The second-order valence-electron chi connectivity index (χ2n) is 14.0. The van der Waals surface area contributed by atoms with Gasteiger partial charge in [0, 0.05) is 34.8 Å². The molecule has 8 heteroatoms. The number of aromatic carboxylic acids is 1. The van der Waals surface area contributed by atoms with E-state index in [1.807, 2.05) is 17.0 Å². The zero-order chi connectivity index (χ0) is 33.4. The zero-order valence-corrected chi connectivity index (χ0v) is 29.7. The van der Waals surface area contributed by atoms with Crippen LogP contribution < -0.4 is 10.4 Å². The lowest BCUT2D eigenvalue weighted by Crippen LogP contribution is -2.68. The molecule has 0 aromatic heterocycles. The van der Waals surface area contributed by atoms with Gasteiger partial charge in [-0.05, 0) is 82.9 Å². The number of amides is 1. The SMILES string of the molecule is CC(C)(C)[Si](OC1CCC2(CC1)CCN(Cc1c(Cl)cc(-c3ccc(C(=O)O)cc3)cc1Cl)C2=O)(c1ccccc1)c1ccccc1. The van der Waals surface area contributed by atoms with Crippen LogP contribution in [0, 0.1) is 5.41 Å². The van der Waals surface area contributed by atoms with Crippen molar-refractivity contribution in [1.82, 2.24) is 4.90 Å². The minimum atomic E-state index is -2.67. The normalized spacial score (nSPS) is 20.1. The van der Waals surface area contributed by atoms with Crippen LogP contribution in [0.4, 0.5) is 0 Å². The Morgan fingerprint density at radius 1 is 0.851 bits per heavy atom. The summed E-state index contributed by atoms with van der Waals surface area (Å²) in [6.07, 6.45) is 4.20. The summed E-state index contributed by atoms with van der Waals surface area (Å²) in [5.74, 6) is -0.793. The molecular weight excluding hydrogens is 645 g/mol. The number of carboxylic acid groups (broad SMARTS) is 1. The maximum Gasteiger partial charge on any atom is 0.335 e. The fraction of sp³-hybridized carbons (Fsp3) is 0.333. The number of rotatable bonds is 8. The van der Waals surface area contributed by atoms with Crippen molar-refractivity contribution >= 4 is 53.8 Å². The predicted molar refractivity (Wildman–Crippen MR) is 192 cm³/mol. The van der Waals surface area contributed by atoms with Crippen LogP contribution in [-0.4, -0.2) is 42.8 Å². The number of hydrogen-bond acceptors (Lipinski definition) is 3. The van der Waals surface area contributed by atoms with Gasteiger partial charge in [0.05, 0.1) is 11.0 Å². The molecule has 1 aliphatic carbocycles. The quantitative estimate of drug-likeness (QED) is 0.189. The first-order valence-corrected chi connectivity index (χ1v) is 19.0. The highest BCUT2D eigenvalue weighted by molar-refractivity contribution is 6.99. The first kappa shape index (κ1) is 33.5. The largest absolute Gasteiger partial charge is 0.478 e. The van der Waals surface area contributed by atoms with Gasteiger partial charge in [0.15, 0.2) is 0 Å². The Morgan fingerprint density at radius 2 is 1.38 bits per heavy atom. The molecule has 1 spiro atoms. The molecule has 6 rings (SSSR count). The molecule has 1 saturated carbocycles. The Balaban J connectivity index is 1.17. The van der Waals surface area contributed by atoms with Gasteiger partial charge in [0.1, 0.15) is 0 Å². The lowest BCUT2D eigenvalue weighted by molar-refractivity contribution is -0.139. The molecule has 1 N–H and O–H groups in total. The highest BCUT2D eigenvalue weighted by atomic mass is 35.5. The number of hydrogen-bond donors (Lipinski definition) is 1. The Labute approximate surface area is 288 Å². The van der Waals surface area contributed by atoms with E-state index in [0.717, 1.165) is 48.8 Å². The van der Waals surface area contributed by atoms with Crippen LogP contribution in [0.3, 0.4) is 0 Å². The van der Waals surface area contributed by atoms with Gasteiger partial charge in [-0.25, -0.2) is 4.79 Å². The Bertz CT molecular complexity index is 1690. The van der Waals surface area contributed by atoms with Gasteiger partial charge in [0.25, 0.3) is 8.32 Å². The summed E-state index contributed by atoms with van der Waals surface area (Å²) in [5.41, 5.74) is 2.18. The summed E-state index contributed by atoms with van der Waals surface area (Å²) < 4.78 is 7.42. The van der Waals surface area contributed by atoms with Gasteiger partial charge in [-0.1, -0.05) is 117 Å². The maximum atomic E-state index is 14.0. The zero-order valence-electron chi connectivity index (χ0n) is 27.1. The van der Waals surface area contributed by atoms with Crippen molar-refractivity contribution < 1.29 is 19.1 Å². The summed E-state index contributed by atoms with van der Waals surface area (Å²) in [6.45, 7) is 7.95. The van der Waals surface area contributed by atoms with E-state index in [1.54, 1.807) is 24.3 Å². The second-order valence-corrected chi connectivity index (χ2v) is 19.1. The van der Waals surface area contributed by atoms with E-state index in [2.05, 4.69) is 81.4 Å². The molecule has 1 saturated heterocycles. The van der Waals surface area contributed by atoms with Gasteiger partial charge < -0.3 is 14.4 Å². The number of carbonyl (C=O) groups excluding carboxylic acids is 1. The van der Waals surface area contributed by atoms with E-state index < -0.39 is 14.3 Å². The van der Waals surface area contributed by atoms with E-state index in [1.165, 1.54) is 10.4 Å². The van der Waals surface area contributed by atoms with Crippen molar-refractivity contribution in [2.45, 2.75) is 70.6 Å². The molecule has 4 aromatic rings. The van der Waals surface area contributed by atoms with Crippen LogP contribution in [-0.2, 0) is 15.8 Å². The molecule has 4 aromatic carbocycles. The van der Waals surface area contributed by atoms with E-state index in [4.69, 9.17) is 27.6 Å². The first-order valence-electron chi connectivity index (χ1n) is 16.3. The molecule has 244 valence electrons. The van der Waals surface area contributed by atoms with Crippen LogP contribution in [0.5, 0.6) is 0 Å². The van der Waals surface area contributed by atoms with Gasteiger partial charge in [-0.2, -0.15) is 0 Å². The summed E-state index contributed by atoms with van der Waals surface area (Å²) in [7, 11) is -2.67. The molecule has 5 nitrogen and oxygen atoms in total. The molecule has 1 aliphatic heterocycles. The molecular formula is C39H41Cl2NO4Si. The molecule has 1 amide bonds. The summed E-state index contributed by atoms with van der Waals surface area (Å²) in [4.78, 5) is 27.2. The number of benzene rings is 4. The third-order valence-electron chi connectivity index (χ3n) is 10.2. The highest BCUT2D eigenvalue weighted by Gasteiger charge is 2.54. The first-order chi connectivity index (χ1) is 22.4. The number of halogens is 2. The summed E-state index contributed by atoms with van der Waals surface area (Å²) >= 11 is 13.5. The van der Waals surface area contributed by atoms with Crippen LogP contribution in [0.1, 0.15) is 68.8 Å². The van der Waals surface area contributed by atoms with Gasteiger partial charge in [-0.3, -0.25) is 4.79 Å². The Morgan fingerprint density at radius 3 is 1.87 bits per heavy atom. The van der Waals surface area contributed by atoms with Gasteiger partial charge in [0.2, 0.25) is 5.91 Å². The lowest BCUT2D eigenvalue weighted by atomic mass is 9.72. The standard InChI is InChI=1S/C39H41Cl2NO4Si/c1-38(2,3)47(31-10-6-4-7-11-31,32-12-8-5-9-13-32)46-30-18-20-39(21-19-30)22-23-42(37(39)45)26-33-34(40)24-29(25-35(33)41)27-14-16-28(17-15-27)36(43)44/h4-17,24-25,30H,18-23,26H2,1-3H3,(H,43,44). The fourth-order valence-electron chi connectivity index (χ4n) is 7.63. The molecule has 47 heavy (non-hydrogen) atoms. The van der Waals surface area contributed by atoms with Crippen molar-refractivity contribution in [3.8, 4) is 11.1 Å². The van der Waals surface area contributed by atoms with E-state index >= 15 is 0 Å². The molecule has 0 radical (unpaired) electrons. The minimum Gasteiger partial charge on any atom is -0.478 e. The maximum absolute atomic E-state index is 14.0. The fourth-order valence-corrected chi connectivity index (χ4v) is 13.0. The molecule has 0 bridgehead atoms. The number of likely N-dealkylation sites (tertiary alicyclic amines) is 1. The number of nitrogens with zero attached hydrogens (tertiary/aromatic N) is 1. The third kappa shape index (κ3) is 6.41. The third-order valence-corrected chi connectivity index (χ3v) is 16.0. The van der Waals surface area contributed by atoms with Crippen molar-refractivity contribution in [3.63, 3.8) is 0 Å². The van der Waals surface area contributed by atoms with Crippen molar-refractivity contribution in [1.29, 1.82) is 0 Å². The summed E-state index contributed by atoms with van der Waals surface area (Å²) in [5, 5.41) is 12.7. The van der Waals surface area contributed by atoms with Gasteiger partial charge >= 0.3 is 5.97 Å². The van der Waals surface area contributed by atoms with Crippen LogP contribution in [0.15, 0.2) is 97.1 Å². The lowest BCUT2D eigenvalue weighted by Gasteiger charge is -2.47. The number of carbonyl (C=O) groups is 2. The van der Waals surface area contributed by atoms with Crippen LogP contribution in [0.25, 0.3) is 11.1 Å². The van der Waals surface area contributed by atoms with E-state index in [0.29, 0.717) is 23.1 Å². The molecule has 0 unspecified atom stereocenters. The predicted octanol–water partition coefficient (Wildman–Crippen LogP) is 8.60. The summed E-state index contributed by atoms with van der Waals surface area (Å²) in [6, 6.07) is 31.8. The smallest absolute Gasteiger partial charge is 0.335 e. The van der Waals surface area contributed by atoms with E-state index in [9.17, 15) is 14.7 Å². The Hall–Kier alpha value is -3.42. The molecule has 0 atom stereocenters. The molecule has 2 aliphatic rings. The average Bonchev–Trinajstić information content (AvgIpc) is 3.36. The highest BCUT2D eigenvalue weighted by Crippen LogP contribution is 2.48. The molecule has 2 fully saturated rings.